The number of hydrogen-bond donors (Lipinski definition) is 1. The van der Waals surface area contributed by atoms with E-state index in [1.165, 1.54) is 43.0 Å². The highest BCUT2D eigenvalue weighted by molar-refractivity contribution is 7.99. The Hall–Kier alpha value is -0.550. The molecule has 100 valence electrons. The van der Waals surface area contributed by atoms with Gasteiger partial charge in [-0.25, -0.2) is 0 Å². The molecule has 18 heavy (non-hydrogen) atoms. The van der Waals surface area contributed by atoms with Crippen LogP contribution in [0.5, 0.6) is 0 Å². The highest BCUT2D eigenvalue weighted by atomic mass is 32.2. The molecular formula is C13H22N4S. The molecule has 0 aromatic carbocycles. The monoisotopic (exact) mass is 266 g/mol. The van der Waals surface area contributed by atoms with Crippen molar-refractivity contribution in [1.29, 1.82) is 0 Å². The molecule has 2 fully saturated rings. The van der Waals surface area contributed by atoms with Crippen LogP contribution in [-0.2, 0) is 6.42 Å². The van der Waals surface area contributed by atoms with Gasteiger partial charge in [0.1, 0.15) is 11.6 Å². The van der Waals surface area contributed by atoms with Gasteiger partial charge in [0, 0.05) is 36.6 Å². The topological polar surface area (TPSA) is 42.7 Å². The Balaban J connectivity index is 1.74. The molecule has 3 rings (SSSR count). The third kappa shape index (κ3) is 2.57. The van der Waals surface area contributed by atoms with Crippen molar-refractivity contribution in [2.75, 3.05) is 18.1 Å². The van der Waals surface area contributed by atoms with E-state index in [-0.39, 0.29) is 0 Å². The lowest BCUT2D eigenvalue weighted by molar-refractivity contribution is 0.464. The van der Waals surface area contributed by atoms with Crippen LogP contribution in [0, 0.1) is 6.92 Å². The zero-order chi connectivity index (χ0) is 12.4. The molecule has 1 aromatic heterocycles. The molecule has 2 aliphatic rings. The fraction of sp³-hybridized carbons (Fsp3) is 0.846. The Bertz CT molecular complexity index is 392. The summed E-state index contributed by atoms with van der Waals surface area (Å²) in [5, 5.41) is 12.3. The molecule has 1 atom stereocenters. The first kappa shape index (κ1) is 12.5. The molecule has 2 heterocycles. The first-order valence-corrected chi connectivity index (χ1v) is 8.21. The van der Waals surface area contributed by atoms with Gasteiger partial charge in [-0.3, -0.25) is 0 Å². The molecule has 4 nitrogen and oxygen atoms in total. The Morgan fingerprint density at radius 1 is 1.33 bits per heavy atom. The summed E-state index contributed by atoms with van der Waals surface area (Å²) in [5.74, 6) is 4.74. The van der Waals surface area contributed by atoms with Gasteiger partial charge in [-0.1, -0.05) is 12.8 Å². The standard InChI is InChI=1S/C13H22N4S/c1-10-15-16-13(8-11-9-18-7-6-14-11)17(10)12-4-2-3-5-12/h11-12,14H,2-9H2,1H3. The quantitative estimate of drug-likeness (QED) is 0.908. The molecule has 1 N–H and O–H groups in total. The van der Waals surface area contributed by atoms with Gasteiger partial charge < -0.3 is 9.88 Å². The van der Waals surface area contributed by atoms with Crippen molar-refractivity contribution in [1.82, 2.24) is 20.1 Å². The maximum Gasteiger partial charge on any atom is 0.134 e. The van der Waals surface area contributed by atoms with Crippen molar-refractivity contribution in [3.05, 3.63) is 11.6 Å². The van der Waals surface area contributed by atoms with Crippen molar-refractivity contribution >= 4 is 11.8 Å². The largest absolute Gasteiger partial charge is 0.312 e. The summed E-state index contributed by atoms with van der Waals surface area (Å²) in [6.07, 6.45) is 6.36. The van der Waals surface area contributed by atoms with Crippen LogP contribution in [0.2, 0.25) is 0 Å². The number of nitrogens with zero attached hydrogens (tertiary/aromatic N) is 3. The third-order valence-corrected chi connectivity index (χ3v) is 5.19. The van der Waals surface area contributed by atoms with Gasteiger partial charge >= 0.3 is 0 Å². The second-order valence-electron chi connectivity index (χ2n) is 5.40. The van der Waals surface area contributed by atoms with Gasteiger partial charge in [0.05, 0.1) is 0 Å². The average molecular weight is 266 g/mol. The molecule has 1 unspecified atom stereocenters. The molecular weight excluding hydrogens is 244 g/mol. The number of aromatic nitrogens is 3. The van der Waals surface area contributed by atoms with Crippen LogP contribution in [0.3, 0.4) is 0 Å². The number of thioether (sulfide) groups is 1. The van der Waals surface area contributed by atoms with Crippen LogP contribution in [0.1, 0.15) is 43.4 Å². The van der Waals surface area contributed by atoms with Crippen LogP contribution in [0.15, 0.2) is 0 Å². The van der Waals surface area contributed by atoms with Crippen molar-refractivity contribution in [2.24, 2.45) is 0 Å². The molecule has 0 bridgehead atoms. The molecule has 1 saturated heterocycles. The van der Waals surface area contributed by atoms with Gasteiger partial charge in [-0.2, -0.15) is 11.8 Å². The Labute approximate surface area is 113 Å². The molecule has 5 heteroatoms. The van der Waals surface area contributed by atoms with E-state index in [0.29, 0.717) is 12.1 Å². The van der Waals surface area contributed by atoms with Gasteiger partial charge in [0.25, 0.3) is 0 Å². The lowest BCUT2D eigenvalue weighted by atomic mass is 10.2. The van der Waals surface area contributed by atoms with Gasteiger partial charge in [0.15, 0.2) is 0 Å². The molecule has 0 amide bonds. The number of rotatable bonds is 3. The summed E-state index contributed by atoms with van der Waals surface area (Å²) in [7, 11) is 0. The molecule has 0 radical (unpaired) electrons. The SMILES string of the molecule is Cc1nnc(CC2CSCCN2)n1C1CCCC1. The molecule has 1 saturated carbocycles. The van der Waals surface area contributed by atoms with Crippen LogP contribution in [0.4, 0.5) is 0 Å². The van der Waals surface area contributed by atoms with Crippen molar-refractivity contribution in [3.63, 3.8) is 0 Å². The predicted octanol–water partition coefficient (Wildman–Crippen LogP) is 1.95. The average Bonchev–Trinajstić information content (AvgIpc) is 3.01. The summed E-state index contributed by atoms with van der Waals surface area (Å²) in [6.45, 7) is 3.23. The van der Waals surface area contributed by atoms with Crippen LogP contribution < -0.4 is 5.32 Å². The lowest BCUT2D eigenvalue weighted by Gasteiger charge is -2.24. The predicted molar refractivity (Wildman–Crippen MR) is 75.1 cm³/mol. The Morgan fingerprint density at radius 2 is 2.17 bits per heavy atom. The van der Waals surface area contributed by atoms with E-state index in [0.717, 1.165) is 18.8 Å². The first-order chi connectivity index (χ1) is 8.84. The highest BCUT2D eigenvalue weighted by Crippen LogP contribution is 2.31. The summed E-state index contributed by atoms with van der Waals surface area (Å²) >= 11 is 2.05. The van der Waals surface area contributed by atoms with E-state index in [1.807, 2.05) is 11.8 Å². The third-order valence-electron chi connectivity index (χ3n) is 4.05. The zero-order valence-electron chi connectivity index (χ0n) is 11.1. The van der Waals surface area contributed by atoms with Gasteiger partial charge in [-0.05, 0) is 19.8 Å². The number of nitrogens with one attached hydrogen (secondary N) is 1. The first-order valence-electron chi connectivity index (χ1n) is 7.06. The summed E-state index contributed by atoms with van der Waals surface area (Å²) in [4.78, 5) is 0. The van der Waals surface area contributed by atoms with E-state index < -0.39 is 0 Å². The van der Waals surface area contributed by atoms with Crippen molar-refractivity contribution in [2.45, 2.75) is 51.1 Å². The normalized spacial score (nSPS) is 25.7. The fourth-order valence-corrected chi connectivity index (χ4v) is 4.11. The van der Waals surface area contributed by atoms with Crippen molar-refractivity contribution in [3.8, 4) is 0 Å². The molecule has 0 spiro atoms. The number of aryl methyl sites for hydroxylation is 1. The molecule has 1 aromatic rings. The van der Waals surface area contributed by atoms with Gasteiger partial charge in [0.2, 0.25) is 0 Å². The minimum absolute atomic E-state index is 0.576. The number of hydrogen-bond acceptors (Lipinski definition) is 4. The van der Waals surface area contributed by atoms with Crippen LogP contribution in [-0.4, -0.2) is 38.9 Å². The minimum Gasteiger partial charge on any atom is -0.312 e. The minimum atomic E-state index is 0.576. The molecule has 1 aliphatic heterocycles. The van der Waals surface area contributed by atoms with Crippen LogP contribution >= 0.6 is 11.8 Å². The van der Waals surface area contributed by atoms with E-state index in [2.05, 4.69) is 27.0 Å². The summed E-state index contributed by atoms with van der Waals surface area (Å²) < 4.78 is 2.41. The Morgan fingerprint density at radius 3 is 2.89 bits per heavy atom. The maximum atomic E-state index is 4.42. The fourth-order valence-electron chi connectivity index (χ4n) is 3.16. The van der Waals surface area contributed by atoms with E-state index >= 15 is 0 Å². The van der Waals surface area contributed by atoms with Crippen LogP contribution in [0.25, 0.3) is 0 Å². The summed E-state index contributed by atoms with van der Waals surface area (Å²) in [5.41, 5.74) is 0. The lowest BCUT2D eigenvalue weighted by Crippen LogP contribution is -2.39. The Kier molecular flexibility index (Phi) is 3.89. The maximum absolute atomic E-state index is 4.42. The van der Waals surface area contributed by atoms with E-state index in [4.69, 9.17) is 0 Å². The second kappa shape index (κ2) is 5.61. The summed E-state index contributed by atoms with van der Waals surface area (Å²) in [6, 6.07) is 1.23. The second-order valence-corrected chi connectivity index (χ2v) is 6.55. The van der Waals surface area contributed by atoms with E-state index in [1.54, 1.807) is 0 Å². The molecule has 1 aliphatic carbocycles. The zero-order valence-corrected chi connectivity index (χ0v) is 11.9. The van der Waals surface area contributed by atoms with E-state index in [9.17, 15) is 0 Å². The highest BCUT2D eigenvalue weighted by Gasteiger charge is 2.24. The smallest absolute Gasteiger partial charge is 0.134 e. The van der Waals surface area contributed by atoms with Crippen molar-refractivity contribution < 1.29 is 0 Å². The van der Waals surface area contributed by atoms with Gasteiger partial charge in [-0.15, -0.1) is 10.2 Å².